The number of hydrogen-bond acceptors (Lipinski definition) is 4. The van der Waals surface area contributed by atoms with Crippen LogP contribution in [0.3, 0.4) is 0 Å². The van der Waals surface area contributed by atoms with Crippen molar-refractivity contribution in [1.29, 1.82) is 5.26 Å². The number of nitriles is 1. The molecule has 5 nitrogen and oxygen atoms in total. The van der Waals surface area contributed by atoms with Gasteiger partial charge in [-0.3, -0.25) is 4.79 Å². The lowest BCUT2D eigenvalue weighted by Crippen LogP contribution is -2.29. The van der Waals surface area contributed by atoms with E-state index in [1.807, 2.05) is 18.2 Å². The van der Waals surface area contributed by atoms with E-state index in [9.17, 15) is 9.90 Å². The summed E-state index contributed by atoms with van der Waals surface area (Å²) < 4.78 is 5.72. The van der Waals surface area contributed by atoms with Gasteiger partial charge in [-0.2, -0.15) is 5.26 Å². The molecule has 1 saturated heterocycles. The Morgan fingerprint density at radius 3 is 2.88 bits per heavy atom. The van der Waals surface area contributed by atoms with Gasteiger partial charge in [0.05, 0.1) is 11.6 Å². The van der Waals surface area contributed by atoms with Gasteiger partial charge in [0.2, 0.25) is 0 Å². The van der Waals surface area contributed by atoms with Crippen molar-refractivity contribution in [3.05, 3.63) is 65.2 Å². The lowest BCUT2D eigenvalue weighted by Gasteiger charge is -2.16. The molecule has 1 fully saturated rings. The molecule has 0 aliphatic carbocycles. The second-order valence-electron chi connectivity index (χ2n) is 6.22. The topological polar surface area (TPSA) is 73.6 Å². The van der Waals surface area contributed by atoms with E-state index in [1.165, 1.54) is 0 Å². The highest BCUT2D eigenvalue weighted by Gasteiger charge is 2.26. The van der Waals surface area contributed by atoms with Gasteiger partial charge < -0.3 is 14.7 Å². The number of nitrogens with zero attached hydrogens (tertiary/aromatic N) is 2. The Morgan fingerprint density at radius 1 is 1.28 bits per heavy atom. The minimum atomic E-state index is -0.00993. The van der Waals surface area contributed by atoms with E-state index in [0.717, 1.165) is 12.0 Å². The standard InChI is InChI=1S/C20H20N2O3/c21-11-15-3-2-6-19(10-15)25-14-16-4-1-5-18(9-16)20(24)22-8-7-17(12-22)13-23/h1-6,9-10,17,23H,7-8,12-14H2. The Morgan fingerprint density at radius 2 is 2.12 bits per heavy atom. The Hall–Kier alpha value is -2.84. The van der Waals surface area contributed by atoms with Gasteiger partial charge in [0.15, 0.2) is 0 Å². The summed E-state index contributed by atoms with van der Waals surface area (Å²) >= 11 is 0. The first-order valence-corrected chi connectivity index (χ1v) is 8.31. The molecule has 0 aromatic heterocycles. The summed E-state index contributed by atoms with van der Waals surface area (Å²) in [7, 11) is 0. The molecule has 25 heavy (non-hydrogen) atoms. The zero-order chi connectivity index (χ0) is 17.6. The zero-order valence-electron chi connectivity index (χ0n) is 13.9. The molecule has 3 rings (SSSR count). The predicted molar refractivity (Wildman–Crippen MR) is 93.0 cm³/mol. The van der Waals surface area contributed by atoms with Gasteiger partial charge in [-0.05, 0) is 42.3 Å². The van der Waals surface area contributed by atoms with Crippen molar-refractivity contribution >= 4 is 5.91 Å². The maximum absolute atomic E-state index is 12.6. The highest BCUT2D eigenvalue weighted by atomic mass is 16.5. The molecule has 1 unspecified atom stereocenters. The summed E-state index contributed by atoms with van der Waals surface area (Å²) in [5.41, 5.74) is 2.07. The first kappa shape index (κ1) is 17.0. The van der Waals surface area contributed by atoms with Crippen LogP contribution in [0.5, 0.6) is 5.75 Å². The summed E-state index contributed by atoms with van der Waals surface area (Å²) in [5, 5.41) is 18.1. The minimum absolute atomic E-state index is 0.00993. The summed E-state index contributed by atoms with van der Waals surface area (Å²) in [6.45, 7) is 1.75. The number of amides is 1. The highest BCUT2D eigenvalue weighted by Crippen LogP contribution is 2.19. The molecule has 128 valence electrons. The summed E-state index contributed by atoms with van der Waals surface area (Å²) in [5.74, 6) is 0.799. The third-order valence-electron chi connectivity index (χ3n) is 4.37. The number of benzene rings is 2. The van der Waals surface area contributed by atoms with Gasteiger partial charge in [-0.15, -0.1) is 0 Å². The van der Waals surface area contributed by atoms with E-state index in [4.69, 9.17) is 10.00 Å². The van der Waals surface area contributed by atoms with Crippen molar-refractivity contribution in [2.24, 2.45) is 5.92 Å². The number of ether oxygens (including phenoxy) is 1. The van der Waals surface area contributed by atoms with Crippen LogP contribution in [0.1, 0.15) is 27.9 Å². The Bertz CT molecular complexity index is 798. The lowest BCUT2D eigenvalue weighted by molar-refractivity contribution is 0.0781. The zero-order valence-corrected chi connectivity index (χ0v) is 13.9. The fourth-order valence-corrected chi connectivity index (χ4v) is 2.96. The Labute approximate surface area is 147 Å². The Kier molecular flexibility index (Phi) is 5.32. The predicted octanol–water partition coefficient (Wildman–Crippen LogP) is 2.59. The van der Waals surface area contributed by atoms with Crippen LogP contribution < -0.4 is 4.74 Å². The van der Waals surface area contributed by atoms with Crippen LogP contribution in [0.2, 0.25) is 0 Å². The van der Waals surface area contributed by atoms with Crippen molar-refractivity contribution in [2.45, 2.75) is 13.0 Å². The molecule has 5 heteroatoms. The maximum atomic E-state index is 12.6. The number of aliphatic hydroxyl groups is 1. The summed E-state index contributed by atoms with van der Waals surface area (Å²) in [4.78, 5) is 14.4. The van der Waals surface area contributed by atoms with E-state index in [2.05, 4.69) is 6.07 Å². The third kappa shape index (κ3) is 4.17. The van der Waals surface area contributed by atoms with Gasteiger partial charge >= 0.3 is 0 Å². The second-order valence-corrected chi connectivity index (χ2v) is 6.22. The summed E-state index contributed by atoms with van der Waals surface area (Å²) in [6.07, 6.45) is 0.847. The number of likely N-dealkylation sites (tertiary alicyclic amines) is 1. The van der Waals surface area contributed by atoms with Crippen LogP contribution in [-0.4, -0.2) is 35.6 Å². The van der Waals surface area contributed by atoms with Crippen LogP contribution >= 0.6 is 0 Å². The van der Waals surface area contributed by atoms with Gasteiger partial charge in [0.1, 0.15) is 12.4 Å². The highest BCUT2D eigenvalue weighted by molar-refractivity contribution is 5.94. The number of hydrogen-bond donors (Lipinski definition) is 1. The van der Waals surface area contributed by atoms with Crippen LogP contribution in [0, 0.1) is 17.2 Å². The van der Waals surface area contributed by atoms with Crippen molar-refractivity contribution in [2.75, 3.05) is 19.7 Å². The second kappa shape index (κ2) is 7.82. The minimum Gasteiger partial charge on any atom is -0.489 e. The smallest absolute Gasteiger partial charge is 0.253 e. The molecule has 1 aliphatic heterocycles. The SMILES string of the molecule is N#Cc1cccc(OCc2cccc(C(=O)N3CCC(CO)C3)c2)c1. The third-order valence-corrected chi connectivity index (χ3v) is 4.37. The fraction of sp³-hybridized carbons (Fsp3) is 0.300. The normalized spacial score (nSPS) is 16.5. The van der Waals surface area contributed by atoms with Gasteiger partial charge in [0, 0.05) is 31.2 Å². The van der Waals surface area contributed by atoms with E-state index < -0.39 is 0 Å². The fourth-order valence-electron chi connectivity index (χ4n) is 2.96. The molecule has 0 spiro atoms. The molecule has 1 atom stereocenters. The quantitative estimate of drug-likeness (QED) is 0.911. The number of carbonyl (C=O) groups is 1. The van der Waals surface area contributed by atoms with E-state index >= 15 is 0 Å². The molecule has 2 aromatic rings. The molecule has 2 aromatic carbocycles. The van der Waals surface area contributed by atoms with Crippen LogP contribution in [0.25, 0.3) is 0 Å². The van der Waals surface area contributed by atoms with Crippen molar-refractivity contribution in [1.82, 2.24) is 4.90 Å². The van der Waals surface area contributed by atoms with E-state index in [-0.39, 0.29) is 18.4 Å². The largest absolute Gasteiger partial charge is 0.489 e. The number of carbonyl (C=O) groups excluding carboxylic acids is 1. The molecule has 1 amide bonds. The number of aliphatic hydroxyl groups excluding tert-OH is 1. The van der Waals surface area contributed by atoms with Crippen molar-refractivity contribution in [3.8, 4) is 11.8 Å². The molecule has 0 radical (unpaired) electrons. The van der Waals surface area contributed by atoms with Crippen molar-refractivity contribution in [3.63, 3.8) is 0 Å². The van der Waals surface area contributed by atoms with Crippen molar-refractivity contribution < 1.29 is 14.6 Å². The average Bonchev–Trinajstić information content (AvgIpc) is 3.15. The van der Waals surface area contributed by atoms with Crippen LogP contribution in [0.4, 0.5) is 0 Å². The van der Waals surface area contributed by atoms with Crippen LogP contribution in [0.15, 0.2) is 48.5 Å². The molecule has 1 heterocycles. The molecule has 0 saturated carbocycles. The molecule has 1 aliphatic rings. The maximum Gasteiger partial charge on any atom is 0.253 e. The first-order valence-electron chi connectivity index (χ1n) is 8.31. The van der Waals surface area contributed by atoms with Gasteiger partial charge in [0.25, 0.3) is 5.91 Å². The summed E-state index contributed by atoms with van der Waals surface area (Å²) in [6, 6.07) is 16.5. The first-order chi connectivity index (χ1) is 12.2. The van der Waals surface area contributed by atoms with Gasteiger partial charge in [-0.25, -0.2) is 0 Å². The van der Waals surface area contributed by atoms with E-state index in [1.54, 1.807) is 35.2 Å². The molecular formula is C20H20N2O3. The monoisotopic (exact) mass is 336 g/mol. The molecular weight excluding hydrogens is 316 g/mol. The lowest BCUT2D eigenvalue weighted by atomic mass is 10.1. The Balaban J connectivity index is 1.65. The van der Waals surface area contributed by atoms with Gasteiger partial charge in [-0.1, -0.05) is 18.2 Å². The van der Waals surface area contributed by atoms with E-state index in [0.29, 0.717) is 36.6 Å². The number of rotatable bonds is 5. The molecule has 0 bridgehead atoms. The van der Waals surface area contributed by atoms with Crippen LogP contribution in [-0.2, 0) is 6.61 Å². The average molecular weight is 336 g/mol. The molecule has 1 N–H and O–H groups in total.